The Bertz CT molecular complexity index is 715. The Morgan fingerprint density at radius 3 is 2.64 bits per heavy atom. The Hall–Kier alpha value is -1.76. The number of rotatable bonds is 6. The number of sulfonamides is 1. The van der Waals surface area contributed by atoms with E-state index >= 15 is 0 Å². The van der Waals surface area contributed by atoms with E-state index in [1.54, 1.807) is 24.4 Å². The minimum absolute atomic E-state index is 0.141. The molecule has 6 heteroatoms. The van der Waals surface area contributed by atoms with Gasteiger partial charge in [0.2, 0.25) is 10.0 Å². The van der Waals surface area contributed by atoms with E-state index in [4.69, 9.17) is 0 Å². The average molecular weight is 319 g/mol. The van der Waals surface area contributed by atoms with Gasteiger partial charge in [0.15, 0.2) is 0 Å². The zero-order chi connectivity index (χ0) is 16.2. The summed E-state index contributed by atoms with van der Waals surface area (Å²) in [6, 6.07) is 11.1. The van der Waals surface area contributed by atoms with E-state index in [9.17, 15) is 8.42 Å². The quantitative estimate of drug-likeness (QED) is 0.886. The van der Waals surface area contributed by atoms with Gasteiger partial charge < -0.3 is 5.32 Å². The summed E-state index contributed by atoms with van der Waals surface area (Å²) >= 11 is 0. The van der Waals surface area contributed by atoms with Crippen LogP contribution >= 0.6 is 0 Å². The van der Waals surface area contributed by atoms with Gasteiger partial charge in [0, 0.05) is 39.1 Å². The summed E-state index contributed by atoms with van der Waals surface area (Å²) in [4.78, 5) is 4.41. The van der Waals surface area contributed by atoms with Gasteiger partial charge in [-0.25, -0.2) is 12.7 Å². The fourth-order valence-corrected chi connectivity index (χ4v) is 3.02. The van der Waals surface area contributed by atoms with Crippen molar-refractivity contribution in [3.05, 3.63) is 59.9 Å². The van der Waals surface area contributed by atoms with Gasteiger partial charge in [0.1, 0.15) is 0 Å². The third-order valence-corrected chi connectivity index (χ3v) is 5.28. The first-order valence-electron chi connectivity index (χ1n) is 7.06. The molecule has 0 unspecified atom stereocenters. The molecule has 1 atom stereocenters. The van der Waals surface area contributed by atoms with E-state index < -0.39 is 10.0 Å². The molecule has 0 aliphatic heterocycles. The van der Waals surface area contributed by atoms with Gasteiger partial charge in [-0.15, -0.1) is 0 Å². The SMILES string of the molecule is C[C@@H](NCc1cccc(S(=O)(=O)N(C)C)c1)c1cccnc1. The Morgan fingerprint density at radius 1 is 1.23 bits per heavy atom. The van der Waals surface area contributed by atoms with Gasteiger partial charge >= 0.3 is 0 Å². The van der Waals surface area contributed by atoms with Crippen molar-refractivity contribution in [3.63, 3.8) is 0 Å². The molecule has 118 valence electrons. The van der Waals surface area contributed by atoms with E-state index in [2.05, 4.69) is 17.2 Å². The average Bonchev–Trinajstić information content (AvgIpc) is 2.53. The van der Waals surface area contributed by atoms with Gasteiger partial charge in [-0.1, -0.05) is 18.2 Å². The molecule has 0 saturated carbocycles. The predicted molar refractivity (Wildman–Crippen MR) is 86.8 cm³/mol. The standard InChI is InChI=1S/C16H21N3O2S/c1-13(15-7-5-9-17-12-15)18-11-14-6-4-8-16(10-14)22(20,21)19(2)3/h4-10,12-13,18H,11H2,1-3H3/t13-/m1/s1. The topological polar surface area (TPSA) is 62.3 Å². The van der Waals surface area contributed by atoms with E-state index in [-0.39, 0.29) is 6.04 Å². The number of nitrogens with zero attached hydrogens (tertiary/aromatic N) is 2. The van der Waals surface area contributed by atoms with Crippen LogP contribution in [0.4, 0.5) is 0 Å². The predicted octanol–water partition coefficient (Wildman–Crippen LogP) is 2.18. The van der Waals surface area contributed by atoms with Crippen molar-refractivity contribution < 1.29 is 8.42 Å². The number of benzene rings is 1. The molecule has 0 radical (unpaired) electrons. The molecule has 1 heterocycles. The smallest absolute Gasteiger partial charge is 0.242 e. The normalized spacial score (nSPS) is 13.3. The molecule has 0 aliphatic rings. The summed E-state index contributed by atoms with van der Waals surface area (Å²) in [7, 11) is -0.330. The molecule has 5 nitrogen and oxygen atoms in total. The maximum Gasteiger partial charge on any atom is 0.242 e. The maximum absolute atomic E-state index is 12.1. The third kappa shape index (κ3) is 3.91. The Morgan fingerprint density at radius 2 is 2.00 bits per heavy atom. The van der Waals surface area contributed by atoms with Crippen molar-refractivity contribution >= 4 is 10.0 Å². The highest BCUT2D eigenvalue weighted by atomic mass is 32.2. The lowest BCUT2D eigenvalue weighted by Crippen LogP contribution is -2.23. The first kappa shape index (κ1) is 16.6. The second-order valence-corrected chi connectivity index (χ2v) is 7.48. The monoisotopic (exact) mass is 319 g/mol. The van der Waals surface area contributed by atoms with E-state index in [1.807, 2.05) is 24.4 Å². The molecule has 1 N–H and O–H groups in total. The van der Waals surface area contributed by atoms with Crippen LogP contribution in [0.15, 0.2) is 53.7 Å². The van der Waals surface area contributed by atoms with Crippen molar-refractivity contribution in [3.8, 4) is 0 Å². The molecule has 0 aliphatic carbocycles. The zero-order valence-corrected chi connectivity index (χ0v) is 13.8. The largest absolute Gasteiger partial charge is 0.306 e. The van der Waals surface area contributed by atoms with Crippen molar-refractivity contribution in [1.82, 2.24) is 14.6 Å². The molecule has 0 bridgehead atoms. The summed E-state index contributed by atoms with van der Waals surface area (Å²) < 4.78 is 25.5. The molecule has 1 aromatic carbocycles. The van der Waals surface area contributed by atoms with Crippen LogP contribution in [-0.2, 0) is 16.6 Å². The van der Waals surface area contributed by atoms with Gasteiger partial charge in [-0.2, -0.15) is 0 Å². The number of pyridine rings is 1. The van der Waals surface area contributed by atoms with E-state index in [0.29, 0.717) is 11.4 Å². The lowest BCUT2D eigenvalue weighted by molar-refractivity contribution is 0.520. The minimum atomic E-state index is -3.39. The zero-order valence-electron chi connectivity index (χ0n) is 13.0. The maximum atomic E-state index is 12.1. The minimum Gasteiger partial charge on any atom is -0.306 e. The highest BCUT2D eigenvalue weighted by molar-refractivity contribution is 7.89. The van der Waals surface area contributed by atoms with Gasteiger partial charge in [0.25, 0.3) is 0 Å². The van der Waals surface area contributed by atoms with Crippen molar-refractivity contribution in [1.29, 1.82) is 0 Å². The Balaban J connectivity index is 2.09. The van der Waals surface area contributed by atoms with Crippen LogP contribution in [-0.4, -0.2) is 31.8 Å². The van der Waals surface area contributed by atoms with Crippen molar-refractivity contribution in [2.45, 2.75) is 24.4 Å². The van der Waals surface area contributed by atoms with E-state index in [0.717, 1.165) is 11.1 Å². The molecule has 1 aromatic heterocycles. The fourth-order valence-electron chi connectivity index (χ4n) is 2.05. The first-order valence-corrected chi connectivity index (χ1v) is 8.50. The summed E-state index contributed by atoms with van der Waals surface area (Å²) in [5.41, 5.74) is 2.03. The highest BCUT2D eigenvalue weighted by Crippen LogP contribution is 2.16. The molecule has 22 heavy (non-hydrogen) atoms. The molecule has 2 rings (SSSR count). The highest BCUT2D eigenvalue weighted by Gasteiger charge is 2.17. The number of hydrogen-bond acceptors (Lipinski definition) is 4. The third-order valence-electron chi connectivity index (χ3n) is 3.47. The molecular formula is C16H21N3O2S. The van der Waals surface area contributed by atoms with Crippen LogP contribution in [0.25, 0.3) is 0 Å². The van der Waals surface area contributed by atoms with Crippen LogP contribution < -0.4 is 5.32 Å². The summed E-state index contributed by atoms with van der Waals surface area (Å²) in [5.74, 6) is 0. The number of nitrogens with one attached hydrogen (secondary N) is 1. The lowest BCUT2D eigenvalue weighted by Gasteiger charge is -2.15. The first-order chi connectivity index (χ1) is 10.4. The summed E-state index contributed by atoms with van der Waals surface area (Å²) in [6.45, 7) is 2.64. The van der Waals surface area contributed by atoms with Crippen molar-refractivity contribution in [2.75, 3.05) is 14.1 Å². The van der Waals surface area contributed by atoms with Gasteiger partial charge in [-0.3, -0.25) is 4.98 Å². The summed E-state index contributed by atoms with van der Waals surface area (Å²) in [6.07, 6.45) is 3.57. The molecular weight excluding hydrogens is 298 g/mol. The van der Waals surface area contributed by atoms with Crippen LogP contribution in [0.5, 0.6) is 0 Å². The van der Waals surface area contributed by atoms with Crippen LogP contribution in [0.3, 0.4) is 0 Å². The number of hydrogen-bond donors (Lipinski definition) is 1. The van der Waals surface area contributed by atoms with Crippen LogP contribution in [0.2, 0.25) is 0 Å². The summed E-state index contributed by atoms with van der Waals surface area (Å²) in [5, 5.41) is 3.37. The molecule has 0 amide bonds. The molecule has 0 spiro atoms. The van der Waals surface area contributed by atoms with E-state index in [1.165, 1.54) is 18.4 Å². The van der Waals surface area contributed by atoms with Crippen LogP contribution in [0, 0.1) is 0 Å². The van der Waals surface area contributed by atoms with Crippen molar-refractivity contribution in [2.24, 2.45) is 0 Å². The number of aromatic nitrogens is 1. The molecule has 2 aromatic rings. The molecule has 0 saturated heterocycles. The fraction of sp³-hybridized carbons (Fsp3) is 0.312. The van der Waals surface area contributed by atoms with Gasteiger partial charge in [0.05, 0.1) is 4.90 Å². The Labute approximate surface area is 132 Å². The Kier molecular flexibility index (Phi) is 5.28. The lowest BCUT2D eigenvalue weighted by atomic mass is 10.1. The molecule has 0 fully saturated rings. The second kappa shape index (κ2) is 7.00. The second-order valence-electron chi connectivity index (χ2n) is 5.32. The van der Waals surface area contributed by atoms with Gasteiger partial charge in [-0.05, 0) is 36.2 Å². The van der Waals surface area contributed by atoms with Crippen LogP contribution in [0.1, 0.15) is 24.1 Å².